The van der Waals surface area contributed by atoms with Crippen LogP contribution in [0.4, 0.5) is 5.82 Å². The van der Waals surface area contributed by atoms with E-state index < -0.39 is 0 Å². The molecule has 0 N–H and O–H groups in total. The summed E-state index contributed by atoms with van der Waals surface area (Å²) in [5.74, 6) is 0.864. The number of fused-ring (bicyclic) bond motifs is 1. The molecule has 2 aliphatic rings. The number of hydrogen-bond acceptors (Lipinski definition) is 5. The number of carbonyl (C=O) groups is 1. The number of aldehydes is 1. The molecule has 0 unspecified atom stereocenters. The Morgan fingerprint density at radius 2 is 1.95 bits per heavy atom. The minimum atomic E-state index is 0.695. The highest BCUT2D eigenvalue weighted by Crippen LogP contribution is 2.27. The Labute approximate surface area is 128 Å². The average molecular weight is 304 g/mol. The Hall–Kier alpha value is -1.40. The van der Waals surface area contributed by atoms with E-state index in [4.69, 9.17) is 0 Å². The van der Waals surface area contributed by atoms with Gasteiger partial charge in [0, 0.05) is 43.8 Å². The molecule has 2 fully saturated rings. The minimum Gasteiger partial charge on any atom is -0.352 e. The number of thiazole rings is 1. The van der Waals surface area contributed by atoms with Crippen LogP contribution in [-0.2, 0) is 0 Å². The number of rotatable bonds is 3. The van der Waals surface area contributed by atoms with Crippen molar-refractivity contribution in [3.63, 3.8) is 0 Å². The fourth-order valence-electron chi connectivity index (χ4n) is 3.70. The minimum absolute atomic E-state index is 0.695. The highest BCUT2D eigenvalue weighted by molar-refractivity contribution is 7.15. The van der Waals surface area contributed by atoms with Gasteiger partial charge in [-0.15, -0.1) is 11.3 Å². The highest BCUT2D eigenvalue weighted by atomic mass is 32.1. The van der Waals surface area contributed by atoms with Crippen LogP contribution in [0.25, 0.3) is 4.96 Å². The molecule has 0 aromatic carbocycles. The van der Waals surface area contributed by atoms with Crippen molar-refractivity contribution in [2.45, 2.75) is 31.7 Å². The molecular weight excluding hydrogens is 284 g/mol. The van der Waals surface area contributed by atoms with Crippen LogP contribution in [0.5, 0.6) is 0 Å². The van der Waals surface area contributed by atoms with Crippen molar-refractivity contribution in [1.29, 1.82) is 0 Å². The third-order valence-electron chi connectivity index (χ3n) is 4.85. The lowest BCUT2D eigenvalue weighted by atomic mass is 10.2. The smallest absolute Gasteiger partial charge is 0.196 e. The third-order valence-corrected chi connectivity index (χ3v) is 5.60. The lowest BCUT2D eigenvalue weighted by Gasteiger charge is -2.38. The first-order valence-corrected chi connectivity index (χ1v) is 8.64. The van der Waals surface area contributed by atoms with Gasteiger partial charge in [0.05, 0.1) is 0 Å². The fourth-order valence-corrected chi connectivity index (χ4v) is 4.42. The van der Waals surface area contributed by atoms with Crippen LogP contribution in [-0.4, -0.2) is 52.8 Å². The van der Waals surface area contributed by atoms with Crippen molar-refractivity contribution < 1.29 is 4.79 Å². The SMILES string of the molecule is O=Cc1c(N2CCN(C3CCCC3)CC2)nc2sccn12. The maximum absolute atomic E-state index is 11.4. The molecule has 6 heteroatoms. The number of hydrogen-bond donors (Lipinski definition) is 0. The average Bonchev–Trinajstić information content (AvgIpc) is 3.23. The number of carbonyl (C=O) groups excluding carboxylic acids is 1. The number of piperazine rings is 1. The van der Waals surface area contributed by atoms with E-state index >= 15 is 0 Å². The van der Waals surface area contributed by atoms with E-state index in [2.05, 4.69) is 14.8 Å². The summed E-state index contributed by atoms with van der Waals surface area (Å²) in [5, 5.41) is 1.97. The van der Waals surface area contributed by atoms with Crippen LogP contribution in [0.15, 0.2) is 11.6 Å². The van der Waals surface area contributed by atoms with E-state index in [0.29, 0.717) is 5.69 Å². The summed E-state index contributed by atoms with van der Waals surface area (Å²) >= 11 is 1.58. The van der Waals surface area contributed by atoms with Crippen molar-refractivity contribution in [3.8, 4) is 0 Å². The molecule has 112 valence electrons. The summed E-state index contributed by atoms with van der Waals surface area (Å²) in [6.45, 7) is 4.13. The summed E-state index contributed by atoms with van der Waals surface area (Å²) in [7, 11) is 0. The number of nitrogens with zero attached hydrogens (tertiary/aromatic N) is 4. The molecule has 1 aliphatic carbocycles. The zero-order valence-electron chi connectivity index (χ0n) is 12.1. The Morgan fingerprint density at radius 3 is 2.67 bits per heavy atom. The van der Waals surface area contributed by atoms with Gasteiger partial charge in [0.1, 0.15) is 5.69 Å². The second kappa shape index (κ2) is 5.42. The molecular formula is C15H20N4OS. The van der Waals surface area contributed by atoms with Crippen LogP contribution >= 0.6 is 11.3 Å². The normalized spacial score (nSPS) is 21.4. The third kappa shape index (κ3) is 2.26. The van der Waals surface area contributed by atoms with Crippen LogP contribution in [0.1, 0.15) is 36.2 Å². The van der Waals surface area contributed by atoms with Crippen molar-refractivity contribution >= 4 is 28.4 Å². The molecule has 0 atom stereocenters. The first kappa shape index (κ1) is 13.3. The summed E-state index contributed by atoms with van der Waals surface area (Å²) in [6, 6.07) is 0.795. The number of aromatic nitrogens is 2. The molecule has 0 spiro atoms. The quantitative estimate of drug-likeness (QED) is 0.816. The topological polar surface area (TPSA) is 40.9 Å². The molecule has 21 heavy (non-hydrogen) atoms. The predicted molar refractivity (Wildman–Crippen MR) is 84.5 cm³/mol. The molecule has 3 heterocycles. The Kier molecular flexibility index (Phi) is 3.43. The summed E-state index contributed by atoms with van der Waals surface area (Å²) in [6.07, 6.45) is 8.36. The molecule has 0 amide bonds. The van der Waals surface area contributed by atoms with Gasteiger partial charge in [-0.3, -0.25) is 14.1 Å². The van der Waals surface area contributed by atoms with Gasteiger partial charge in [-0.1, -0.05) is 12.8 Å². The monoisotopic (exact) mass is 304 g/mol. The first-order valence-electron chi connectivity index (χ1n) is 7.76. The van der Waals surface area contributed by atoms with Gasteiger partial charge in [0.25, 0.3) is 0 Å². The van der Waals surface area contributed by atoms with E-state index in [0.717, 1.165) is 49.3 Å². The van der Waals surface area contributed by atoms with Crippen LogP contribution in [0.2, 0.25) is 0 Å². The summed E-state index contributed by atoms with van der Waals surface area (Å²) in [5.41, 5.74) is 0.695. The zero-order chi connectivity index (χ0) is 14.2. The van der Waals surface area contributed by atoms with Gasteiger partial charge in [-0.05, 0) is 12.8 Å². The van der Waals surface area contributed by atoms with Crippen molar-refractivity contribution in [3.05, 3.63) is 17.3 Å². The second-order valence-corrected chi connectivity index (χ2v) is 6.83. The molecule has 1 saturated carbocycles. The maximum Gasteiger partial charge on any atom is 0.196 e. The molecule has 1 saturated heterocycles. The van der Waals surface area contributed by atoms with E-state index in [1.54, 1.807) is 11.3 Å². The largest absolute Gasteiger partial charge is 0.352 e. The van der Waals surface area contributed by atoms with Gasteiger partial charge in [-0.2, -0.15) is 0 Å². The molecule has 0 bridgehead atoms. The van der Waals surface area contributed by atoms with Gasteiger partial charge < -0.3 is 4.90 Å². The molecule has 4 rings (SSSR count). The van der Waals surface area contributed by atoms with Crippen molar-refractivity contribution in [2.75, 3.05) is 31.1 Å². The number of anilines is 1. The molecule has 5 nitrogen and oxygen atoms in total. The van der Waals surface area contributed by atoms with E-state index in [1.165, 1.54) is 25.7 Å². The van der Waals surface area contributed by atoms with Crippen molar-refractivity contribution in [1.82, 2.24) is 14.3 Å². The van der Waals surface area contributed by atoms with E-state index in [1.807, 2.05) is 16.0 Å². The first-order chi connectivity index (χ1) is 10.4. The lowest BCUT2D eigenvalue weighted by molar-refractivity contribution is 0.111. The predicted octanol–water partition coefficient (Wildman–Crippen LogP) is 2.27. The molecule has 1 aliphatic heterocycles. The lowest BCUT2D eigenvalue weighted by Crippen LogP contribution is -2.50. The number of imidazole rings is 1. The van der Waals surface area contributed by atoms with E-state index in [9.17, 15) is 4.79 Å². The summed E-state index contributed by atoms with van der Waals surface area (Å²) in [4.78, 5) is 21.9. The molecule has 2 aromatic rings. The van der Waals surface area contributed by atoms with Crippen LogP contribution < -0.4 is 4.90 Å². The molecule has 2 aromatic heterocycles. The molecule has 0 radical (unpaired) electrons. The Balaban J connectivity index is 1.51. The Bertz CT molecular complexity index is 635. The van der Waals surface area contributed by atoms with Crippen LogP contribution in [0, 0.1) is 0 Å². The zero-order valence-corrected chi connectivity index (χ0v) is 12.9. The van der Waals surface area contributed by atoms with Gasteiger partial charge in [0.2, 0.25) is 0 Å². The Morgan fingerprint density at radius 1 is 1.19 bits per heavy atom. The highest BCUT2D eigenvalue weighted by Gasteiger charge is 2.28. The van der Waals surface area contributed by atoms with E-state index in [-0.39, 0.29) is 0 Å². The summed E-state index contributed by atoms with van der Waals surface area (Å²) < 4.78 is 1.90. The second-order valence-electron chi connectivity index (χ2n) is 5.96. The van der Waals surface area contributed by atoms with Gasteiger partial charge >= 0.3 is 0 Å². The van der Waals surface area contributed by atoms with Gasteiger partial charge in [0.15, 0.2) is 17.1 Å². The van der Waals surface area contributed by atoms with Gasteiger partial charge in [-0.25, -0.2) is 4.98 Å². The van der Waals surface area contributed by atoms with Crippen LogP contribution in [0.3, 0.4) is 0 Å². The fraction of sp³-hybridized carbons (Fsp3) is 0.600. The standard InChI is InChI=1S/C15H20N4OS/c20-11-13-14(16-15-19(13)9-10-21-15)18-7-5-17(6-8-18)12-3-1-2-4-12/h9-12H,1-8H2. The maximum atomic E-state index is 11.4. The van der Waals surface area contributed by atoms with Crippen molar-refractivity contribution in [2.24, 2.45) is 0 Å².